The lowest BCUT2D eigenvalue weighted by Gasteiger charge is -2.06. The second-order valence-corrected chi connectivity index (χ2v) is 5.37. The number of benzene rings is 1. The Morgan fingerprint density at radius 1 is 1.19 bits per heavy atom. The molecule has 1 aromatic heterocycles. The number of anilines is 1. The van der Waals surface area contributed by atoms with Crippen molar-refractivity contribution in [2.45, 2.75) is 6.54 Å². The number of nitrogens with one attached hydrogen (secondary N) is 1. The van der Waals surface area contributed by atoms with Crippen molar-refractivity contribution < 1.29 is 4.39 Å². The molecule has 0 fully saturated rings. The minimum Gasteiger partial charge on any atom is -0.378 e. The molecule has 0 aliphatic carbocycles. The number of rotatable bonds is 3. The molecule has 0 amide bonds. The Balaban J connectivity index is 2.07. The van der Waals surface area contributed by atoms with Crippen LogP contribution in [0.25, 0.3) is 0 Å². The van der Waals surface area contributed by atoms with Crippen molar-refractivity contribution in [3.8, 4) is 0 Å². The molecule has 0 radical (unpaired) electrons. The van der Waals surface area contributed by atoms with E-state index in [9.17, 15) is 4.39 Å². The Bertz CT molecular complexity index is 498. The summed E-state index contributed by atoms with van der Waals surface area (Å²) in [5, 5.41) is 3.10. The molecular formula is C11H8Cl2FNS. The van der Waals surface area contributed by atoms with Gasteiger partial charge in [0, 0.05) is 11.4 Å². The molecule has 16 heavy (non-hydrogen) atoms. The van der Waals surface area contributed by atoms with E-state index in [2.05, 4.69) is 5.32 Å². The zero-order valence-corrected chi connectivity index (χ0v) is 10.5. The summed E-state index contributed by atoms with van der Waals surface area (Å²) >= 11 is 12.9. The van der Waals surface area contributed by atoms with E-state index in [1.165, 1.54) is 17.4 Å². The average Bonchev–Trinajstić information content (AvgIpc) is 2.67. The van der Waals surface area contributed by atoms with Crippen molar-refractivity contribution >= 4 is 40.2 Å². The molecule has 0 saturated heterocycles. The van der Waals surface area contributed by atoms with E-state index in [1.54, 1.807) is 12.1 Å². The highest BCUT2D eigenvalue weighted by Crippen LogP contribution is 2.25. The van der Waals surface area contributed by atoms with Gasteiger partial charge in [-0.3, -0.25) is 0 Å². The average molecular weight is 276 g/mol. The first-order chi connectivity index (χ1) is 7.66. The Morgan fingerprint density at radius 3 is 2.69 bits per heavy atom. The van der Waals surface area contributed by atoms with E-state index in [0.29, 0.717) is 12.2 Å². The van der Waals surface area contributed by atoms with E-state index in [1.807, 2.05) is 12.1 Å². The third kappa shape index (κ3) is 2.67. The largest absolute Gasteiger partial charge is 0.378 e. The summed E-state index contributed by atoms with van der Waals surface area (Å²) in [6.07, 6.45) is 0. The van der Waals surface area contributed by atoms with Gasteiger partial charge in [0.05, 0.1) is 15.0 Å². The van der Waals surface area contributed by atoms with Crippen molar-refractivity contribution in [2.75, 3.05) is 5.32 Å². The van der Waals surface area contributed by atoms with Crippen LogP contribution in [0.4, 0.5) is 10.1 Å². The lowest BCUT2D eigenvalue weighted by molar-refractivity contribution is 0.630. The number of thiophene rings is 1. The van der Waals surface area contributed by atoms with Crippen LogP contribution in [0.3, 0.4) is 0 Å². The smallest absolute Gasteiger partial charge is 0.164 e. The highest BCUT2D eigenvalue weighted by atomic mass is 35.5. The van der Waals surface area contributed by atoms with Crippen molar-refractivity contribution in [1.29, 1.82) is 0 Å². The van der Waals surface area contributed by atoms with Crippen LogP contribution in [0, 0.1) is 5.82 Å². The maximum Gasteiger partial charge on any atom is 0.164 e. The molecular weight excluding hydrogens is 268 g/mol. The molecule has 0 bridgehead atoms. The summed E-state index contributed by atoms with van der Waals surface area (Å²) in [6, 6.07) is 8.59. The molecule has 84 valence electrons. The van der Waals surface area contributed by atoms with Crippen LogP contribution in [0.1, 0.15) is 4.88 Å². The third-order valence-electron chi connectivity index (χ3n) is 2.03. The van der Waals surface area contributed by atoms with Crippen LogP contribution in [0.5, 0.6) is 0 Å². The first kappa shape index (κ1) is 11.7. The van der Waals surface area contributed by atoms with Crippen LogP contribution in [-0.4, -0.2) is 0 Å². The van der Waals surface area contributed by atoms with Gasteiger partial charge in [-0.25, -0.2) is 4.39 Å². The van der Waals surface area contributed by atoms with E-state index >= 15 is 0 Å². The van der Waals surface area contributed by atoms with E-state index in [-0.39, 0.29) is 5.02 Å². The van der Waals surface area contributed by atoms with Gasteiger partial charge >= 0.3 is 0 Å². The number of hydrogen-bond donors (Lipinski definition) is 1. The molecule has 0 spiro atoms. The molecule has 0 aliphatic rings. The molecule has 0 unspecified atom stereocenters. The van der Waals surface area contributed by atoms with Gasteiger partial charge in [0.1, 0.15) is 0 Å². The maximum absolute atomic E-state index is 13.5. The highest BCUT2D eigenvalue weighted by molar-refractivity contribution is 7.16. The standard InChI is InChI=1S/C11H8Cl2FNS/c12-8-2-1-3-9(11(8)14)15-6-7-4-5-10(13)16-7/h1-5,15H,6H2. The van der Waals surface area contributed by atoms with Gasteiger partial charge in [0.25, 0.3) is 0 Å². The van der Waals surface area contributed by atoms with Crippen molar-refractivity contribution in [3.05, 3.63) is 50.4 Å². The Labute approximate surface area is 107 Å². The van der Waals surface area contributed by atoms with Gasteiger partial charge in [0.2, 0.25) is 0 Å². The fourth-order valence-electron chi connectivity index (χ4n) is 1.27. The zero-order valence-electron chi connectivity index (χ0n) is 8.14. The van der Waals surface area contributed by atoms with Crippen LogP contribution < -0.4 is 5.32 Å². The second kappa shape index (κ2) is 5.04. The number of hydrogen-bond acceptors (Lipinski definition) is 2. The predicted octanol–water partition coefficient (Wildman–Crippen LogP) is 4.81. The second-order valence-electron chi connectivity index (χ2n) is 3.16. The zero-order chi connectivity index (χ0) is 11.5. The van der Waals surface area contributed by atoms with E-state index in [0.717, 1.165) is 9.21 Å². The molecule has 5 heteroatoms. The quantitative estimate of drug-likeness (QED) is 0.848. The Kier molecular flexibility index (Phi) is 3.69. The normalized spacial score (nSPS) is 10.4. The lowest BCUT2D eigenvalue weighted by atomic mass is 10.3. The molecule has 0 saturated carbocycles. The topological polar surface area (TPSA) is 12.0 Å². The molecule has 2 rings (SSSR count). The van der Waals surface area contributed by atoms with Gasteiger partial charge in [-0.1, -0.05) is 29.3 Å². The Hall–Kier alpha value is -0.770. The van der Waals surface area contributed by atoms with Crippen molar-refractivity contribution in [3.63, 3.8) is 0 Å². The molecule has 2 aromatic rings. The van der Waals surface area contributed by atoms with E-state index in [4.69, 9.17) is 23.2 Å². The highest BCUT2D eigenvalue weighted by Gasteiger charge is 2.06. The first-order valence-electron chi connectivity index (χ1n) is 4.59. The lowest BCUT2D eigenvalue weighted by Crippen LogP contribution is -1.99. The molecule has 0 atom stereocenters. The van der Waals surface area contributed by atoms with Gasteiger partial charge in [-0.15, -0.1) is 11.3 Å². The SMILES string of the molecule is Fc1c(Cl)cccc1NCc1ccc(Cl)s1. The third-order valence-corrected chi connectivity index (χ3v) is 3.56. The van der Waals surface area contributed by atoms with Gasteiger partial charge < -0.3 is 5.32 Å². The maximum atomic E-state index is 13.5. The van der Waals surface area contributed by atoms with Crippen molar-refractivity contribution in [2.24, 2.45) is 0 Å². The molecule has 1 heterocycles. The van der Waals surface area contributed by atoms with Crippen LogP contribution in [0.15, 0.2) is 30.3 Å². The predicted molar refractivity (Wildman–Crippen MR) is 68.1 cm³/mol. The minimum absolute atomic E-state index is 0.120. The summed E-state index contributed by atoms with van der Waals surface area (Å²) in [6.45, 7) is 0.536. The summed E-state index contributed by atoms with van der Waals surface area (Å²) in [5.74, 6) is -0.424. The Morgan fingerprint density at radius 2 is 2.00 bits per heavy atom. The fourth-order valence-corrected chi connectivity index (χ4v) is 2.47. The van der Waals surface area contributed by atoms with E-state index < -0.39 is 5.82 Å². The number of halogens is 3. The molecule has 0 aliphatic heterocycles. The minimum atomic E-state index is -0.424. The van der Waals surface area contributed by atoms with Crippen LogP contribution in [-0.2, 0) is 6.54 Å². The summed E-state index contributed by atoms with van der Waals surface area (Å²) in [5.41, 5.74) is 0.400. The van der Waals surface area contributed by atoms with Gasteiger partial charge in [-0.2, -0.15) is 0 Å². The van der Waals surface area contributed by atoms with Crippen molar-refractivity contribution in [1.82, 2.24) is 0 Å². The summed E-state index contributed by atoms with van der Waals surface area (Å²) < 4.78 is 14.2. The fraction of sp³-hybridized carbons (Fsp3) is 0.0909. The van der Waals surface area contributed by atoms with Gasteiger partial charge in [-0.05, 0) is 24.3 Å². The monoisotopic (exact) mass is 275 g/mol. The molecule has 1 N–H and O–H groups in total. The molecule has 1 aromatic carbocycles. The van der Waals surface area contributed by atoms with Crippen LogP contribution in [0.2, 0.25) is 9.36 Å². The van der Waals surface area contributed by atoms with Gasteiger partial charge in [0.15, 0.2) is 5.82 Å². The summed E-state index contributed by atoms with van der Waals surface area (Å²) in [7, 11) is 0. The first-order valence-corrected chi connectivity index (χ1v) is 6.16. The summed E-state index contributed by atoms with van der Waals surface area (Å²) in [4.78, 5) is 1.05. The molecule has 1 nitrogen and oxygen atoms in total. The van der Waals surface area contributed by atoms with Crippen LogP contribution >= 0.6 is 34.5 Å².